The molecule has 37 heavy (non-hydrogen) atoms. The van der Waals surface area contributed by atoms with Crippen LogP contribution in [-0.2, 0) is 19.1 Å². The number of likely N-dealkylation sites (tertiary alicyclic amines) is 1. The second-order valence-electron chi connectivity index (χ2n) is 14.3. The van der Waals surface area contributed by atoms with E-state index in [4.69, 9.17) is 9.47 Å². The molecule has 0 aromatic rings. The maximum absolute atomic E-state index is 12.8. The van der Waals surface area contributed by atoms with Gasteiger partial charge in [0.15, 0.2) is 0 Å². The van der Waals surface area contributed by atoms with Crippen molar-refractivity contribution in [2.24, 2.45) is 46.3 Å². The Morgan fingerprint density at radius 2 is 1.89 bits per heavy atom. The maximum atomic E-state index is 12.8. The Hall–Kier alpha value is -1.36. The second-order valence-corrected chi connectivity index (χ2v) is 14.3. The van der Waals surface area contributed by atoms with Crippen LogP contribution >= 0.6 is 0 Å². The van der Waals surface area contributed by atoms with Crippen molar-refractivity contribution in [3.63, 3.8) is 0 Å². The number of nitrogens with zero attached hydrogens (tertiary/aromatic N) is 1. The summed E-state index contributed by atoms with van der Waals surface area (Å²) in [4.78, 5) is 26.9. The molecule has 2 aliphatic heterocycles. The predicted molar refractivity (Wildman–Crippen MR) is 143 cm³/mol. The van der Waals surface area contributed by atoms with E-state index in [2.05, 4.69) is 38.7 Å². The lowest BCUT2D eigenvalue weighted by atomic mass is 9.46. The van der Waals surface area contributed by atoms with Crippen LogP contribution < -0.4 is 0 Å². The molecule has 0 radical (unpaired) electrons. The minimum absolute atomic E-state index is 0.0588. The van der Waals surface area contributed by atoms with Crippen LogP contribution in [0.25, 0.3) is 0 Å². The summed E-state index contributed by atoms with van der Waals surface area (Å²) >= 11 is 0. The molecule has 3 saturated carbocycles. The molecule has 0 aromatic carbocycles. The van der Waals surface area contributed by atoms with Gasteiger partial charge in [-0.15, -0.1) is 0 Å². The van der Waals surface area contributed by atoms with E-state index in [-0.39, 0.29) is 34.9 Å². The summed E-state index contributed by atoms with van der Waals surface area (Å²) in [6, 6.07) is 0. The summed E-state index contributed by atoms with van der Waals surface area (Å²) in [5.74, 6) is 3.73. The SMILES string of the molecule is CCC(=O)O[C@H]1CC[C@@]2(C)C(=CCC3C4CC5OC6(CCC(C)CN6C(C)=O)[C@H](C)C5[C@@]4(C)CCC32)C1. The summed E-state index contributed by atoms with van der Waals surface area (Å²) < 4.78 is 12.9. The van der Waals surface area contributed by atoms with E-state index in [1.165, 1.54) is 19.3 Å². The van der Waals surface area contributed by atoms with Crippen LogP contribution in [-0.4, -0.2) is 41.3 Å². The summed E-state index contributed by atoms with van der Waals surface area (Å²) in [5.41, 5.74) is 1.71. The van der Waals surface area contributed by atoms with Crippen molar-refractivity contribution in [1.29, 1.82) is 0 Å². The molecule has 206 valence electrons. The number of ether oxygens (including phenoxy) is 2. The fraction of sp³-hybridized carbons (Fsp3) is 0.875. The van der Waals surface area contributed by atoms with Crippen LogP contribution in [0.5, 0.6) is 0 Å². The fourth-order valence-corrected chi connectivity index (χ4v) is 10.8. The van der Waals surface area contributed by atoms with Crippen LogP contribution in [0, 0.1) is 46.3 Å². The van der Waals surface area contributed by atoms with Gasteiger partial charge in [-0.1, -0.05) is 46.3 Å². The number of esters is 1. The van der Waals surface area contributed by atoms with Gasteiger partial charge in [0.2, 0.25) is 5.91 Å². The molecule has 5 nitrogen and oxygen atoms in total. The topological polar surface area (TPSA) is 55.8 Å². The number of amides is 1. The van der Waals surface area contributed by atoms with Crippen molar-refractivity contribution in [3.05, 3.63) is 11.6 Å². The van der Waals surface area contributed by atoms with Crippen molar-refractivity contribution >= 4 is 11.9 Å². The van der Waals surface area contributed by atoms with E-state index in [0.717, 1.165) is 56.9 Å². The molecule has 1 spiro atoms. The average Bonchev–Trinajstić information content (AvgIpc) is 3.31. The average molecular weight is 512 g/mol. The zero-order valence-electron chi connectivity index (χ0n) is 24.1. The minimum atomic E-state index is -0.390. The Labute approximate surface area is 224 Å². The molecule has 5 fully saturated rings. The molecule has 2 saturated heterocycles. The zero-order valence-corrected chi connectivity index (χ0v) is 24.1. The van der Waals surface area contributed by atoms with E-state index in [9.17, 15) is 9.59 Å². The zero-order chi connectivity index (χ0) is 26.3. The molecule has 0 bridgehead atoms. The van der Waals surface area contributed by atoms with Crippen molar-refractivity contribution < 1.29 is 19.1 Å². The van der Waals surface area contributed by atoms with Gasteiger partial charge in [-0.3, -0.25) is 9.59 Å². The number of piperidine rings is 1. The highest BCUT2D eigenvalue weighted by Gasteiger charge is 2.69. The molecule has 1 amide bonds. The number of carbonyl (C=O) groups excluding carboxylic acids is 2. The van der Waals surface area contributed by atoms with Crippen LogP contribution in [0.1, 0.15) is 106 Å². The molecule has 4 aliphatic carbocycles. The first kappa shape index (κ1) is 25.9. The van der Waals surface area contributed by atoms with Crippen LogP contribution in [0.15, 0.2) is 11.6 Å². The van der Waals surface area contributed by atoms with Crippen molar-refractivity contribution in [3.8, 4) is 0 Å². The maximum Gasteiger partial charge on any atom is 0.305 e. The third-order valence-corrected chi connectivity index (χ3v) is 12.7. The largest absolute Gasteiger partial charge is 0.462 e. The number of hydrogen-bond acceptors (Lipinski definition) is 4. The molecule has 11 atom stereocenters. The Morgan fingerprint density at radius 1 is 1.11 bits per heavy atom. The van der Waals surface area contributed by atoms with Crippen LogP contribution in [0.2, 0.25) is 0 Å². The molecule has 7 unspecified atom stereocenters. The molecule has 0 aromatic heterocycles. The van der Waals surface area contributed by atoms with Crippen LogP contribution in [0.3, 0.4) is 0 Å². The highest BCUT2D eigenvalue weighted by Crippen LogP contribution is 2.70. The number of carbonyl (C=O) groups is 2. The molecule has 5 heteroatoms. The van der Waals surface area contributed by atoms with Gasteiger partial charge < -0.3 is 14.4 Å². The van der Waals surface area contributed by atoms with Gasteiger partial charge in [-0.2, -0.15) is 0 Å². The van der Waals surface area contributed by atoms with E-state index in [0.29, 0.717) is 30.1 Å². The third kappa shape index (κ3) is 3.64. The smallest absolute Gasteiger partial charge is 0.305 e. The van der Waals surface area contributed by atoms with E-state index in [1.54, 1.807) is 12.5 Å². The lowest BCUT2D eigenvalue weighted by Crippen LogP contribution is -2.60. The minimum Gasteiger partial charge on any atom is -0.462 e. The van der Waals surface area contributed by atoms with E-state index < -0.39 is 5.72 Å². The Balaban J connectivity index is 1.24. The Kier molecular flexibility index (Phi) is 6.18. The molecule has 6 aliphatic rings. The summed E-state index contributed by atoms with van der Waals surface area (Å²) in [5, 5.41) is 0. The van der Waals surface area contributed by atoms with Crippen LogP contribution in [0.4, 0.5) is 0 Å². The van der Waals surface area contributed by atoms with Gasteiger partial charge in [0.05, 0.1) is 6.10 Å². The van der Waals surface area contributed by atoms with Gasteiger partial charge >= 0.3 is 5.97 Å². The van der Waals surface area contributed by atoms with E-state index >= 15 is 0 Å². The van der Waals surface area contributed by atoms with Crippen molar-refractivity contribution in [2.75, 3.05) is 6.54 Å². The Bertz CT molecular complexity index is 991. The highest BCUT2D eigenvalue weighted by molar-refractivity contribution is 5.74. The van der Waals surface area contributed by atoms with Gasteiger partial charge in [-0.25, -0.2) is 0 Å². The normalized spacial score (nSPS) is 50.5. The number of fused-ring (bicyclic) bond motifs is 7. The van der Waals surface area contributed by atoms with E-state index in [1.807, 2.05) is 6.92 Å². The predicted octanol–water partition coefficient (Wildman–Crippen LogP) is 6.51. The summed E-state index contributed by atoms with van der Waals surface area (Å²) in [6.07, 6.45) is 13.5. The number of rotatable bonds is 2. The standard InChI is InChI=1S/C32H49NO4/c1-7-28(35)36-23-11-13-30(5)22(16-23)8-9-24-25(30)12-14-31(6)26(24)17-27-29(31)20(3)32(37-27)15-10-19(2)18-33(32)21(4)34/h8,19-20,23-27,29H,7,9-18H2,1-6H3/t19?,20-,23+,24?,25?,26?,27?,29?,30+,31+,32?/m1/s1. The van der Waals surface area contributed by atoms with Gasteiger partial charge in [-0.05, 0) is 91.8 Å². The van der Waals surface area contributed by atoms with Gasteiger partial charge in [0.25, 0.3) is 0 Å². The monoisotopic (exact) mass is 511 g/mol. The lowest BCUT2D eigenvalue weighted by Gasteiger charge is -2.59. The third-order valence-electron chi connectivity index (χ3n) is 12.7. The molecule has 0 N–H and O–H groups in total. The number of hydrogen-bond donors (Lipinski definition) is 0. The lowest BCUT2D eigenvalue weighted by molar-refractivity contribution is -0.200. The summed E-state index contributed by atoms with van der Waals surface area (Å²) in [7, 11) is 0. The van der Waals surface area contributed by atoms with Gasteiger partial charge in [0, 0.05) is 32.2 Å². The highest BCUT2D eigenvalue weighted by atomic mass is 16.5. The molecule has 2 heterocycles. The van der Waals surface area contributed by atoms with Crippen molar-refractivity contribution in [1.82, 2.24) is 4.90 Å². The van der Waals surface area contributed by atoms with Crippen molar-refractivity contribution in [2.45, 2.75) is 124 Å². The molecular weight excluding hydrogens is 462 g/mol. The number of allylic oxidation sites excluding steroid dienone is 1. The first-order valence-corrected chi connectivity index (χ1v) is 15.4. The first-order valence-electron chi connectivity index (χ1n) is 15.4. The second kappa shape index (κ2) is 8.83. The molecule has 6 rings (SSSR count). The quantitative estimate of drug-likeness (QED) is 0.313. The fourth-order valence-electron chi connectivity index (χ4n) is 10.8. The first-order chi connectivity index (χ1) is 17.5. The summed E-state index contributed by atoms with van der Waals surface area (Å²) in [6.45, 7) is 14.3. The Morgan fingerprint density at radius 3 is 2.62 bits per heavy atom. The van der Waals surface area contributed by atoms with Gasteiger partial charge in [0.1, 0.15) is 11.8 Å². The molecular formula is C32H49NO4.